The second-order valence-corrected chi connectivity index (χ2v) is 6.67. The van der Waals surface area contributed by atoms with Gasteiger partial charge in [0, 0.05) is 12.7 Å². The molecule has 1 aliphatic carbocycles. The molecule has 1 fully saturated rings. The summed E-state index contributed by atoms with van der Waals surface area (Å²) >= 11 is 0. The number of carboxylic acids is 1. The third-order valence-electron chi connectivity index (χ3n) is 3.01. The zero-order valence-electron chi connectivity index (χ0n) is 9.96. The molecule has 0 unspecified atom stereocenters. The summed E-state index contributed by atoms with van der Waals surface area (Å²) in [5.74, 6) is -1.07. The second kappa shape index (κ2) is 4.36. The first-order valence-electron chi connectivity index (χ1n) is 5.55. The number of hydrogen-bond acceptors (Lipinski definition) is 4. The van der Waals surface area contributed by atoms with E-state index in [1.54, 1.807) is 0 Å². The molecule has 18 heavy (non-hydrogen) atoms. The largest absolute Gasteiger partial charge is 0.480 e. The lowest BCUT2D eigenvalue weighted by atomic mass is 10.2. The zero-order chi connectivity index (χ0) is 13.4. The van der Waals surface area contributed by atoms with Crippen LogP contribution in [0.15, 0.2) is 17.3 Å². The molecule has 0 radical (unpaired) electrons. The molecular weight excluding hydrogens is 258 g/mol. The average molecular weight is 273 g/mol. The second-order valence-electron chi connectivity index (χ2n) is 4.90. The van der Waals surface area contributed by atoms with E-state index >= 15 is 0 Å². The number of nitrogens with zero attached hydrogens (tertiary/aromatic N) is 2. The predicted molar refractivity (Wildman–Crippen MR) is 62.4 cm³/mol. The summed E-state index contributed by atoms with van der Waals surface area (Å²) in [6, 6.07) is 0. The van der Waals surface area contributed by atoms with Crippen LogP contribution in [-0.4, -0.2) is 35.8 Å². The maximum absolute atomic E-state index is 11.9. The minimum atomic E-state index is -3.59. The molecule has 1 saturated carbocycles. The summed E-state index contributed by atoms with van der Waals surface area (Å²) in [6.45, 7) is 2.07. The Bertz CT molecular complexity index is 559. The van der Waals surface area contributed by atoms with Crippen molar-refractivity contribution in [1.29, 1.82) is 0 Å². The molecule has 2 rings (SSSR count). The topological polar surface area (TPSA) is 101 Å². The molecule has 0 saturated heterocycles. The smallest absolute Gasteiger partial charge is 0.325 e. The minimum Gasteiger partial charge on any atom is -0.480 e. The molecule has 0 aliphatic heterocycles. The molecule has 1 heterocycles. The molecule has 1 aromatic rings. The number of carboxylic acid groups (broad SMARTS) is 1. The summed E-state index contributed by atoms with van der Waals surface area (Å²) in [6.07, 6.45) is 4.41. The third kappa shape index (κ3) is 3.08. The molecule has 1 aliphatic rings. The Morgan fingerprint density at radius 3 is 2.83 bits per heavy atom. The fourth-order valence-electron chi connectivity index (χ4n) is 1.45. The van der Waals surface area contributed by atoms with Crippen molar-refractivity contribution in [3.8, 4) is 0 Å². The summed E-state index contributed by atoms with van der Waals surface area (Å²) in [5.41, 5.74) is 0.0735. The van der Waals surface area contributed by atoms with E-state index in [1.807, 2.05) is 6.92 Å². The molecule has 1 aromatic heterocycles. The van der Waals surface area contributed by atoms with Crippen molar-refractivity contribution in [2.45, 2.75) is 31.2 Å². The highest BCUT2D eigenvalue weighted by Gasteiger charge is 2.38. The summed E-state index contributed by atoms with van der Waals surface area (Å²) in [4.78, 5) is 10.5. The number of aromatic nitrogens is 2. The van der Waals surface area contributed by atoms with Crippen LogP contribution in [-0.2, 0) is 21.4 Å². The fraction of sp³-hybridized carbons (Fsp3) is 0.600. The van der Waals surface area contributed by atoms with Crippen LogP contribution < -0.4 is 4.72 Å². The van der Waals surface area contributed by atoms with Crippen LogP contribution in [0.3, 0.4) is 0 Å². The predicted octanol–water partition coefficient (Wildman–Crippen LogP) is 0.0461. The Balaban J connectivity index is 2.04. The van der Waals surface area contributed by atoms with E-state index < -0.39 is 16.0 Å². The summed E-state index contributed by atoms with van der Waals surface area (Å²) in [7, 11) is -3.59. The van der Waals surface area contributed by atoms with Gasteiger partial charge in [-0.25, -0.2) is 13.1 Å². The lowest BCUT2D eigenvalue weighted by molar-refractivity contribution is -0.137. The first-order valence-corrected chi connectivity index (χ1v) is 7.03. The molecule has 0 aromatic carbocycles. The molecule has 0 atom stereocenters. The van der Waals surface area contributed by atoms with Crippen molar-refractivity contribution < 1.29 is 18.3 Å². The van der Waals surface area contributed by atoms with Gasteiger partial charge in [0.2, 0.25) is 10.0 Å². The van der Waals surface area contributed by atoms with E-state index in [0.29, 0.717) is 6.54 Å². The van der Waals surface area contributed by atoms with E-state index in [0.717, 1.165) is 23.7 Å². The highest BCUT2D eigenvalue weighted by molar-refractivity contribution is 7.89. The lowest BCUT2D eigenvalue weighted by Crippen LogP contribution is -2.28. The molecule has 7 nitrogen and oxygen atoms in total. The van der Waals surface area contributed by atoms with Gasteiger partial charge in [0.25, 0.3) is 0 Å². The summed E-state index contributed by atoms with van der Waals surface area (Å²) in [5, 5.41) is 12.3. The van der Waals surface area contributed by atoms with Gasteiger partial charge >= 0.3 is 5.97 Å². The van der Waals surface area contributed by atoms with Gasteiger partial charge in [0.15, 0.2) is 0 Å². The van der Waals surface area contributed by atoms with Crippen molar-refractivity contribution in [1.82, 2.24) is 14.5 Å². The molecule has 8 heteroatoms. The monoisotopic (exact) mass is 273 g/mol. The van der Waals surface area contributed by atoms with Gasteiger partial charge in [-0.2, -0.15) is 5.10 Å². The van der Waals surface area contributed by atoms with Crippen LogP contribution in [0, 0.1) is 5.41 Å². The number of carbonyl (C=O) groups is 1. The van der Waals surface area contributed by atoms with E-state index in [9.17, 15) is 13.2 Å². The van der Waals surface area contributed by atoms with Gasteiger partial charge in [-0.3, -0.25) is 9.48 Å². The quantitative estimate of drug-likeness (QED) is 0.762. The maximum Gasteiger partial charge on any atom is 0.325 e. The summed E-state index contributed by atoms with van der Waals surface area (Å²) < 4.78 is 27.4. The van der Waals surface area contributed by atoms with E-state index in [2.05, 4.69) is 9.82 Å². The molecule has 0 amide bonds. The average Bonchev–Trinajstić information content (AvgIpc) is 2.81. The minimum absolute atomic E-state index is 0.00648. The number of hydrogen-bond donors (Lipinski definition) is 2. The Morgan fingerprint density at radius 2 is 2.28 bits per heavy atom. The van der Waals surface area contributed by atoms with E-state index in [-0.39, 0.29) is 16.9 Å². The van der Waals surface area contributed by atoms with Crippen molar-refractivity contribution >= 4 is 16.0 Å². The van der Waals surface area contributed by atoms with Crippen LogP contribution in [0.5, 0.6) is 0 Å². The Kier molecular flexibility index (Phi) is 3.16. The van der Waals surface area contributed by atoms with Crippen molar-refractivity contribution in [3.05, 3.63) is 12.4 Å². The van der Waals surface area contributed by atoms with Crippen LogP contribution in [0.25, 0.3) is 0 Å². The SMILES string of the molecule is CC1(CNS(=O)(=O)c2cnn(CC(=O)O)c2)CC1. The van der Waals surface area contributed by atoms with Crippen LogP contribution in [0.1, 0.15) is 19.8 Å². The first kappa shape index (κ1) is 13.0. The molecule has 0 bridgehead atoms. The maximum atomic E-state index is 11.9. The first-order chi connectivity index (χ1) is 8.31. The van der Waals surface area contributed by atoms with Gasteiger partial charge in [-0.1, -0.05) is 6.92 Å². The molecule has 0 spiro atoms. The molecular formula is C10H15N3O4S. The van der Waals surface area contributed by atoms with Gasteiger partial charge in [0.05, 0.1) is 6.20 Å². The standard InChI is InChI=1S/C10H15N3O4S/c1-10(2-3-10)7-12-18(16,17)8-4-11-13(5-8)6-9(14)15/h4-5,12H,2-3,6-7H2,1H3,(H,14,15). The van der Waals surface area contributed by atoms with Crippen LogP contribution in [0.2, 0.25) is 0 Å². The van der Waals surface area contributed by atoms with Gasteiger partial charge < -0.3 is 5.11 Å². The third-order valence-corrected chi connectivity index (χ3v) is 4.37. The Morgan fingerprint density at radius 1 is 1.61 bits per heavy atom. The van der Waals surface area contributed by atoms with Gasteiger partial charge in [-0.05, 0) is 18.3 Å². The number of sulfonamides is 1. The number of nitrogens with one attached hydrogen (secondary N) is 1. The van der Waals surface area contributed by atoms with Gasteiger partial charge in [-0.15, -0.1) is 0 Å². The molecule has 100 valence electrons. The van der Waals surface area contributed by atoms with Crippen molar-refractivity contribution in [2.75, 3.05) is 6.54 Å². The van der Waals surface area contributed by atoms with Crippen molar-refractivity contribution in [2.24, 2.45) is 5.41 Å². The normalized spacial score (nSPS) is 17.6. The fourth-order valence-corrected chi connectivity index (χ4v) is 2.60. The van der Waals surface area contributed by atoms with Gasteiger partial charge in [0.1, 0.15) is 11.4 Å². The Labute approximate surface area is 105 Å². The van der Waals surface area contributed by atoms with E-state index in [1.165, 1.54) is 6.20 Å². The number of rotatable bonds is 6. The van der Waals surface area contributed by atoms with Crippen LogP contribution in [0.4, 0.5) is 0 Å². The van der Waals surface area contributed by atoms with E-state index in [4.69, 9.17) is 5.11 Å². The van der Waals surface area contributed by atoms with Crippen LogP contribution >= 0.6 is 0 Å². The Hall–Kier alpha value is -1.41. The lowest BCUT2D eigenvalue weighted by Gasteiger charge is -2.09. The highest BCUT2D eigenvalue weighted by atomic mass is 32.2. The zero-order valence-corrected chi connectivity index (χ0v) is 10.8. The van der Waals surface area contributed by atoms with Crippen molar-refractivity contribution in [3.63, 3.8) is 0 Å². The number of aliphatic carboxylic acids is 1. The highest BCUT2D eigenvalue weighted by Crippen LogP contribution is 2.44. The molecule has 2 N–H and O–H groups in total.